The molecule has 0 unspecified atom stereocenters. The molecular weight excluding hydrogens is 264 g/mol. The number of rotatable bonds is 4. The number of aliphatic carboxylic acids is 1. The maximum atomic E-state index is 12.9. The van der Waals surface area contributed by atoms with Crippen molar-refractivity contribution in [3.8, 4) is 0 Å². The summed E-state index contributed by atoms with van der Waals surface area (Å²) in [6.07, 6.45) is -1.18. The Morgan fingerprint density at radius 2 is 2.33 bits per heavy atom. The first-order chi connectivity index (χ1) is 8.47. The molecule has 0 radical (unpaired) electrons. The van der Waals surface area contributed by atoms with Crippen molar-refractivity contribution >= 4 is 28.8 Å². The first-order valence-corrected chi connectivity index (χ1v) is 5.93. The third-order valence-electron chi connectivity index (χ3n) is 2.19. The van der Waals surface area contributed by atoms with E-state index in [-0.39, 0.29) is 27.4 Å². The molecule has 0 saturated heterocycles. The smallest absolute Gasteiger partial charge is 0.313 e. The number of hydrogen-bond acceptors (Lipinski definition) is 4. The minimum atomic E-state index is -2.65. The van der Waals surface area contributed by atoms with Gasteiger partial charge in [0.25, 0.3) is 6.43 Å². The predicted octanol–water partition coefficient (Wildman–Crippen LogP) is 2.08. The number of thioether (sulfide) groups is 1. The number of pyridine rings is 1. The molecule has 1 N–H and O–H groups in total. The lowest BCUT2D eigenvalue weighted by Gasteiger charge is -2.03. The molecule has 0 bridgehead atoms. The van der Waals surface area contributed by atoms with E-state index in [0.717, 1.165) is 11.8 Å². The topological polar surface area (TPSA) is 68.0 Å². The molecule has 18 heavy (non-hydrogen) atoms. The average Bonchev–Trinajstić information content (AvgIpc) is 2.64. The van der Waals surface area contributed by atoms with Gasteiger partial charge in [-0.25, -0.2) is 13.8 Å². The molecule has 2 heterocycles. The molecule has 0 amide bonds. The first kappa shape index (κ1) is 12.7. The lowest BCUT2D eigenvalue weighted by atomic mass is 10.2. The number of nitrogens with zero attached hydrogens (tertiary/aromatic N) is 3. The Kier molecular flexibility index (Phi) is 3.46. The Morgan fingerprint density at radius 3 is 2.94 bits per heavy atom. The predicted molar refractivity (Wildman–Crippen MR) is 61.8 cm³/mol. The fourth-order valence-electron chi connectivity index (χ4n) is 1.50. The molecule has 0 atom stereocenters. The van der Waals surface area contributed by atoms with Crippen LogP contribution in [0.4, 0.5) is 8.78 Å². The van der Waals surface area contributed by atoms with Gasteiger partial charge in [0.1, 0.15) is 0 Å². The van der Waals surface area contributed by atoms with E-state index in [1.807, 2.05) is 0 Å². The van der Waals surface area contributed by atoms with Crippen molar-refractivity contribution in [1.82, 2.24) is 14.8 Å². The number of aryl methyl sites for hydroxylation is 1. The molecule has 0 aromatic carbocycles. The molecule has 2 rings (SSSR count). The standard InChI is InChI=1S/C10H9F2N3O2S/c1-15-3-6-5(9(11)12)2-7(13-10(6)14-15)18-4-8(16)17/h2-3,9H,4H2,1H3,(H,16,17). The average molecular weight is 273 g/mol. The number of aromatic nitrogens is 3. The zero-order chi connectivity index (χ0) is 13.3. The van der Waals surface area contributed by atoms with Crippen molar-refractivity contribution < 1.29 is 18.7 Å². The number of hydrogen-bond donors (Lipinski definition) is 1. The third-order valence-corrected chi connectivity index (χ3v) is 3.09. The van der Waals surface area contributed by atoms with E-state index >= 15 is 0 Å². The van der Waals surface area contributed by atoms with Gasteiger partial charge in [-0.1, -0.05) is 11.8 Å². The minimum absolute atomic E-state index is 0.180. The van der Waals surface area contributed by atoms with E-state index in [1.165, 1.54) is 16.9 Å². The van der Waals surface area contributed by atoms with E-state index in [4.69, 9.17) is 5.11 Å². The Bertz CT molecular complexity index is 600. The number of alkyl halides is 2. The summed E-state index contributed by atoms with van der Waals surface area (Å²) in [4.78, 5) is 14.5. The van der Waals surface area contributed by atoms with Crippen LogP contribution >= 0.6 is 11.8 Å². The quantitative estimate of drug-likeness (QED) is 0.864. The number of carboxylic acids is 1. The molecule has 0 aliphatic carbocycles. The summed E-state index contributed by atoms with van der Waals surface area (Å²) < 4.78 is 27.2. The number of halogens is 2. The molecule has 0 fully saturated rings. The van der Waals surface area contributed by atoms with Gasteiger partial charge in [0.15, 0.2) is 5.65 Å². The van der Waals surface area contributed by atoms with Crippen LogP contribution in [0.15, 0.2) is 17.3 Å². The number of fused-ring (bicyclic) bond motifs is 1. The summed E-state index contributed by atoms with van der Waals surface area (Å²) in [7, 11) is 1.61. The van der Waals surface area contributed by atoms with Gasteiger partial charge in [-0.15, -0.1) is 0 Å². The zero-order valence-electron chi connectivity index (χ0n) is 9.30. The molecule has 8 heteroatoms. The van der Waals surface area contributed by atoms with Crippen LogP contribution in [-0.2, 0) is 11.8 Å². The molecule has 5 nitrogen and oxygen atoms in total. The maximum Gasteiger partial charge on any atom is 0.313 e. The van der Waals surface area contributed by atoms with E-state index in [1.54, 1.807) is 7.05 Å². The van der Waals surface area contributed by atoms with Crippen LogP contribution in [0, 0.1) is 0 Å². The van der Waals surface area contributed by atoms with Crippen LogP contribution in [0.5, 0.6) is 0 Å². The van der Waals surface area contributed by atoms with Gasteiger partial charge in [0.05, 0.1) is 10.8 Å². The highest BCUT2D eigenvalue weighted by molar-refractivity contribution is 7.99. The minimum Gasteiger partial charge on any atom is -0.481 e. The summed E-state index contributed by atoms with van der Waals surface area (Å²) in [5, 5.41) is 13.0. The molecule has 0 aliphatic rings. The number of carbonyl (C=O) groups is 1. The normalized spacial score (nSPS) is 11.3. The van der Waals surface area contributed by atoms with Gasteiger partial charge in [0.2, 0.25) is 0 Å². The molecule has 0 aliphatic heterocycles. The molecule has 0 saturated carbocycles. The zero-order valence-corrected chi connectivity index (χ0v) is 10.1. The fourth-order valence-corrected chi connectivity index (χ4v) is 2.13. The van der Waals surface area contributed by atoms with Crippen molar-refractivity contribution in [2.24, 2.45) is 7.05 Å². The van der Waals surface area contributed by atoms with Crippen LogP contribution in [0.2, 0.25) is 0 Å². The molecule has 0 spiro atoms. The van der Waals surface area contributed by atoms with Gasteiger partial charge >= 0.3 is 5.97 Å². The second-order valence-electron chi connectivity index (χ2n) is 3.57. The van der Waals surface area contributed by atoms with E-state index < -0.39 is 12.4 Å². The highest BCUT2D eigenvalue weighted by atomic mass is 32.2. The monoisotopic (exact) mass is 273 g/mol. The Labute approximate surface area is 105 Å². The molecule has 2 aromatic rings. The van der Waals surface area contributed by atoms with E-state index in [0.29, 0.717) is 0 Å². The second kappa shape index (κ2) is 4.89. The van der Waals surface area contributed by atoms with Crippen molar-refractivity contribution in [1.29, 1.82) is 0 Å². The highest BCUT2D eigenvalue weighted by Crippen LogP contribution is 2.30. The summed E-state index contributed by atoms with van der Waals surface area (Å²) in [6, 6.07) is 1.21. The van der Waals surface area contributed by atoms with Crippen molar-refractivity contribution in [2.45, 2.75) is 11.5 Å². The van der Waals surface area contributed by atoms with Crippen molar-refractivity contribution in [3.05, 3.63) is 17.8 Å². The van der Waals surface area contributed by atoms with Gasteiger partial charge in [-0.2, -0.15) is 5.10 Å². The highest BCUT2D eigenvalue weighted by Gasteiger charge is 2.17. The fraction of sp³-hybridized carbons (Fsp3) is 0.300. The Balaban J connectivity index is 2.46. The van der Waals surface area contributed by atoms with Gasteiger partial charge < -0.3 is 5.11 Å². The first-order valence-electron chi connectivity index (χ1n) is 4.94. The van der Waals surface area contributed by atoms with Crippen LogP contribution in [0.25, 0.3) is 11.0 Å². The van der Waals surface area contributed by atoms with Crippen LogP contribution < -0.4 is 0 Å². The van der Waals surface area contributed by atoms with Crippen LogP contribution in [0.1, 0.15) is 12.0 Å². The van der Waals surface area contributed by atoms with Gasteiger partial charge in [0, 0.05) is 24.2 Å². The number of carboxylic acid groups (broad SMARTS) is 1. The molecule has 2 aromatic heterocycles. The van der Waals surface area contributed by atoms with Gasteiger partial charge in [-0.3, -0.25) is 9.48 Å². The Morgan fingerprint density at radius 1 is 1.61 bits per heavy atom. The second-order valence-corrected chi connectivity index (χ2v) is 4.57. The lowest BCUT2D eigenvalue weighted by molar-refractivity contribution is -0.133. The molecular formula is C10H9F2N3O2S. The third kappa shape index (κ3) is 2.58. The van der Waals surface area contributed by atoms with Gasteiger partial charge in [-0.05, 0) is 6.07 Å². The largest absolute Gasteiger partial charge is 0.481 e. The summed E-state index contributed by atoms with van der Waals surface area (Å²) >= 11 is 0.891. The lowest BCUT2D eigenvalue weighted by Crippen LogP contribution is -1.99. The summed E-state index contributed by atoms with van der Waals surface area (Å²) in [6.45, 7) is 0. The summed E-state index contributed by atoms with van der Waals surface area (Å²) in [5.74, 6) is -1.25. The Hall–Kier alpha value is -1.70. The van der Waals surface area contributed by atoms with E-state index in [9.17, 15) is 13.6 Å². The molecule has 96 valence electrons. The SMILES string of the molecule is Cn1cc2c(C(F)F)cc(SCC(=O)O)nc2n1. The van der Waals surface area contributed by atoms with E-state index in [2.05, 4.69) is 10.1 Å². The van der Waals surface area contributed by atoms with Crippen LogP contribution in [0.3, 0.4) is 0 Å². The maximum absolute atomic E-state index is 12.9. The summed E-state index contributed by atoms with van der Waals surface area (Å²) in [5.41, 5.74) is 0.0178. The van der Waals surface area contributed by atoms with Crippen LogP contribution in [-0.4, -0.2) is 31.6 Å². The van der Waals surface area contributed by atoms with Crippen molar-refractivity contribution in [3.63, 3.8) is 0 Å². The van der Waals surface area contributed by atoms with Crippen molar-refractivity contribution in [2.75, 3.05) is 5.75 Å².